The Hall–Kier alpha value is -2.93. The summed E-state index contributed by atoms with van der Waals surface area (Å²) in [4.78, 5) is 14.0. The van der Waals surface area contributed by atoms with Gasteiger partial charge in [-0.1, -0.05) is 61.2 Å². The summed E-state index contributed by atoms with van der Waals surface area (Å²) in [5.74, 6) is 0.459. The van der Waals surface area contributed by atoms with Gasteiger partial charge in [0.05, 0.1) is 0 Å². The predicted molar refractivity (Wildman–Crippen MR) is 116 cm³/mol. The quantitative estimate of drug-likeness (QED) is 0.306. The molecule has 1 heterocycles. The summed E-state index contributed by atoms with van der Waals surface area (Å²) in [5.41, 5.74) is 5.28. The lowest BCUT2D eigenvalue weighted by Gasteiger charge is -2.20. The third kappa shape index (κ3) is 4.03. The molecule has 0 unspecified atom stereocenters. The molecule has 5 heteroatoms. The molecule has 152 valence electrons. The minimum atomic E-state index is -0.116. The van der Waals surface area contributed by atoms with Crippen LogP contribution >= 0.6 is 0 Å². The zero-order chi connectivity index (χ0) is 20.4. The van der Waals surface area contributed by atoms with E-state index in [4.69, 9.17) is 4.42 Å². The van der Waals surface area contributed by atoms with E-state index in [0.29, 0.717) is 18.1 Å². The Morgan fingerprint density at radius 1 is 0.967 bits per heavy atom. The maximum absolute atomic E-state index is 12.4. The summed E-state index contributed by atoms with van der Waals surface area (Å²) in [6.45, 7) is 8.48. The number of carbonyl (C=O) groups excluding carboxylic acids is 1. The molecule has 1 amide bonds. The molecule has 4 aromatic rings. The first-order valence-electron chi connectivity index (χ1n) is 9.67. The van der Waals surface area contributed by atoms with Crippen molar-refractivity contribution < 1.29 is 37.8 Å². The zero-order valence-corrected chi connectivity index (χ0v) is 19.2. The lowest BCUT2D eigenvalue weighted by atomic mass is 10.1. The van der Waals surface area contributed by atoms with Crippen LogP contribution in [0.15, 0.2) is 89.9 Å². The van der Waals surface area contributed by atoms with Crippen LogP contribution < -0.4 is 33.4 Å². The highest BCUT2D eigenvalue weighted by atomic mass is 127. The second-order valence-electron chi connectivity index (χ2n) is 6.84. The summed E-state index contributed by atoms with van der Waals surface area (Å²) >= 11 is 0. The monoisotopic (exact) mass is 510 g/mol. The van der Waals surface area contributed by atoms with Gasteiger partial charge in [-0.2, -0.15) is 4.57 Å². The zero-order valence-electron chi connectivity index (χ0n) is 17.0. The molecule has 0 N–H and O–H groups in total. The molecule has 0 saturated heterocycles. The fourth-order valence-corrected chi connectivity index (χ4v) is 3.62. The molecule has 0 aliphatic heterocycles. The van der Waals surface area contributed by atoms with Crippen molar-refractivity contribution in [1.29, 1.82) is 0 Å². The van der Waals surface area contributed by atoms with Crippen molar-refractivity contribution in [3.63, 3.8) is 0 Å². The maximum Gasteiger partial charge on any atom is 0.398 e. The van der Waals surface area contributed by atoms with Gasteiger partial charge in [0.25, 0.3) is 5.52 Å². The molecule has 3 aromatic carbocycles. The van der Waals surface area contributed by atoms with E-state index in [2.05, 4.69) is 36.3 Å². The third-order valence-corrected chi connectivity index (χ3v) is 4.97. The van der Waals surface area contributed by atoms with Gasteiger partial charge in [0, 0.05) is 18.7 Å². The second kappa shape index (κ2) is 9.26. The van der Waals surface area contributed by atoms with E-state index in [1.807, 2.05) is 60.7 Å². The van der Waals surface area contributed by atoms with Gasteiger partial charge >= 0.3 is 5.89 Å². The van der Waals surface area contributed by atoms with Crippen LogP contribution in [-0.4, -0.2) is 5.91 Å². The molecule has 0 spiro atoms. The van der Waals surface area contributed by atoms with Crippen LogP contribution in [0.1, 0.15) is 19.7 Å². The van der Waals surface area contributed by atoms with Crippen molar-refractivity contribution in [2.75, 3.05) is 4.90 Å². The van der Waals surface area contributed by atoms with E-state index in [-0.39, 0.29) is 29.9 Å². The van der Waals surface area contributed by atoms with Gasteiger partial charge in [-0.05, 0) is 36.2 Å². The number of benzene rings is 3. The van der Waals surface area contributed by atoms with Gasteiger partial charge in [-0.3, -0.25) is 9.69 Å². The first-order valence-corrected chi connectivity index (χ1v) is 9.67. The minimum absolute atomic E-state index is 0. The number of nitrogens with zero attached hydrogens (tertiary/aromatic N) is 2. The van der Waals surface area contributed by atoms with Crippen molar-refractivity contribution in [3.05, 3.63) is 91.3 Å². The van der Waals surface area contributed by atoms with Crippen LogP contribution in [0.4, 0.5) is 5.69 Å². The molecule has 0 atom stereocenters. The molecule has 0 radical (unpaired) electrons. The molecule has 4 rings (SSSR count). The van der Waals surface area contributed by atoms with Crippen LogP contribution in [0.2, 0.25) is 0 Å². The lowest BCUT2D eigenvalue weighted by molar-refractivity contribution is -0.675. The number of hydrogen-bond donors (Lipinski definition) is 0. The molecular formula is C25H23IN2O2. The standard InChI is InChI=1S/C25H23N2O2.HI/c1-4-26-23-17-21(20-11-7-5-8-12-20)15-16-24(23)29-25(26)18(2)27(19(3)28)22-13-9-6-10-14-22;/h5-17H,2,4H2,1,3H3;1H/q+1;/p-1. The fourth-order valence-electron chi connectivity index (χ4n) is 3.62. The number of rotatable bonds is 5. The van der Waals surface area contributed by atoms with Crippen LogP contribution in [0, 0.1) is 0 Å². The molecule has 0 saturated carbocycles. The summed E-state index contributed by atoms with van der Waals surface area (Å²) in [6.07, 6.45) is 0. The lowest BCUT2D eigenvalue weighted by Crippen LogP contribution is -3.00. The average Bonchev–Trinajstić information content (AvgIpc) is 3.13. The van der Waals surface area contributed by atoms with Gasteiger partial charge in [-0.25, -0.2) is 0 Å². The number of para-hydroxylation sites is 1. The van der Waals surface area contributed by atoms with Gasteiger partial charge in [0.2, 0.25) is 11.5 Å². The Morgan fingerprint density at radius 2 is 1.60 bits per heavy atom. The topological polar surface area (TPSA) is 37.3 Å². The number of halogens is 1. The van der Waals surface area contributed by atoms with Crippen LogP contribution in [-0.2, 0) is 11.3 Å². The number of oxazole rings is 1. The van der Waals surface area contributed by atoms with Crippen LogP contribution in [0.3, 0.4) is 0 Å². The Morgan fingerprint density at radius 3 is 2.20 bits per heavy atom. The van der Waals surface area contributed by atoms with Crippen LogP contribution in [0.5, 0.6) is 0 Å². The van der Waals surface area contributed by atoms with Crippen molar-refractivity contribution in [2.24, 2.45) is 0 Å². The van der Waals surface area contributed by atoms with Crippen LogP contribution in [0.25, 0.3) is 27.9 Å². The second-order valence-corrected chi connectivity index (χ2v) is 6.84. The summed E-state index contributed by atoms with van der Waals surface area (Å²) in [5, 5.41) is 0. The predicted octanol–water partition coefficient (Wildman–Crippen LogP) is 2.44. The highest BCUT2D eigenvalue weighted by molar-refractivity contribution is 6.03. The first-order chi connectivity index (χ1) is 14.1. The first kappa shape index (κ1) is 21.8. The number of anilines is 1. The third-order valence-electron chi connectivity index (χ3n) is 4.97. The normalized spacial score (nSPS) is 10.5. The highest BCUT2D eigenvalue weighted by Crippen LogP contribution is 2.29. The SMILES string of the molecule is C=C(c1oc2ccc(-c3ccccc3)cc2[n+]1CC)N(C(C)=O)c1ccccc1.[I-]. The summed E-state index contributed by atoms with van der Waals surface area (Å²) in [6, 6.07) is 25.9. The molecule has 1 aromatic heterocycles. The smallest absolute Gasteiger partial charge is 0.398 e. The molecule has 0 aliphatic rings. The van der Waals surface area contributed by atoms with Crippen molar-refractivity contribution in [2.45, 2.75) is 20.4 Å². The molecule has 0 bridgehead atoms. The van der Waals surface area contributed by atoms with Crippen molar-refractivity contribution >= 4 is 28.4 Å². The number of carbonyl (C=O) groups is 1. The van der Waals surface area contributed by atoms with E-state index in [9.17, 15) is 4.79 Å². The van der Waals surface area contributed by atoms with E-state index >= 15 is 0 Å². The molecule has 30 heavy (non-hydrogen) atoms. The Labute approximate surface area is 193 Å². The van der Waals surface area contributed by atoms with E-state index in [1.165, 1.54) is 6.92 Å². The van der Waals surface area contributed by atoms with Crippen molar-refractivity contribution in [1.82, 2.24) is 0 Å². The number of aryl methyl sites for hydroxylation is 1. The number of fused-ring (bicyclic) bond motifs is 1. The summed E-state index contributed by atoms with van der Waals surface area (Å²) < 4.78 is 8.22. The van der Waals surface area contributed by atoms with E-state index in [1.54, 1.807) is 4.90 Å². The highest BCUT2D eigenvalue weighted by Gasteiger charge is 2.30. The fraction of sp³-hybridized carbons (Fsp3) is 0.120. The number of hydrogen-bond acceptors (Lipinski definition) is 2. The number of aromatic nitrogens is 1. The number of amides is 1. The molecule has 4 nitrogen and oxygen atoms in total. The van der Waals surface area contributed by atoms with Gasteiger partial charge < -0.3 is 28.4 Å². The van der Waals surface area contributed by atoms with Crippen molar-refractivity contribution in [3.8, 4) is 11.1 Å². The Kier molecular flexibility index (Phi) is 6.72. The largest absolute Gasteiger partial charge is 1.00 e. The van der Waals surface area contributed by atoms with E-state index < -0.39 is 0 Å². The minimum Gasteiger partial charge on any atom is -1.00 e. The Bertz CT molecular complexity index is 1180. The summed E-state index contributed by atoms with van der Waals surface area (Å²) in [7, 11) is 0. The van der Waals surface area contributed by atoms with Gasteiger partial charge in [0.1, 0.15) is 6.54 Å². The molecular weight excluding hydrogens is 487 g/mol. The molecule has 0 fully saturated rings. The Balaban J connectivity index is 0.00000256. The molecule has 0 aliphatic carbocycles. The van der Waals surface area contributed by atoms with E-state index in [0.717, 1.165) is 27.9 Å². The maximum atomic E-state index is 12.4. The van der Waals surface area contributed by atoms with Gasteiger partial charge in [0.15, 0.2) is 5.70 Å². The average molecular weight is 510 g/mol. The van der Waals surface area contributed by atoms with Gasteiger partial charge in [-0.15, -0.1) is 0 Å².